The molecule has 0 aromatic heterocycles. The quantitative estimate of drug-likeness (QED) is 0.0936. The SMILES string of the molecule is CCCCCCCCCCCC(=O)OCC(CC)CC(CC)COCCCCCCCCC. The fourth-order valence-electron chi connectivity index (χ4n) is 4.45. The topological polar surface area (TPSA) is 35.5 Å². The molecule has 0 fully saturated rings. The van der Waals surface area contributed by atoms with Crippen LogP contribution >= 0.6 is 0 Å². The second-order valence-corrected chi connectivity index (χ2v) is 10.2. The van der Waals surface area contributed by atoms with Gasteiger partial charge in [-0.15, -0.1) is 0 Å². The molecule has 2 atom stereocenters. The van der Waals surface area contributed by atoms with Gasteiger partial charge in [0.25, 0.3) is 0 Å². The summed E-state index contributed by atoms with van der Waals surface area (Å²) in [5.74, 6) is 1.04. The van der Waals surface area contributed by atoms with Crippen LogP contribution in [0.5, 0.6) is 0 Å². The van der Waals surface area contributed by atoms with E-state index >= 15 is 0 Å². The normalized spacial score (nSPS) is 13.2. The van der Waals surface area contributed by atoms with Crippen molar-refractivity contribution < 1.29 is 14.3 Å². The molecule has 0 aliphatic rings. The van der Waals surface area contributed by atoms with Gasteiger partial charge in [0.15, 0.2) is 0 Å². The summed E-state index contributed by atoms with van der Waals surface area (Å²) >= 11 is 0. The number of carbonyl (C=O) groups excluding carboxylic acids is 1. The monoisotopic (exact) mass is 468 g/mol. The number of esters is 1. The lowest BCUT2D eigenvalue weighted by molar-refractivity contribution is -0.145. The molecule has 0 aliphatic carbocycles. The molecular formula is C30H60O3. The lowest BCUT2D eigenvalue weighted by Crippen LogP contribution is -2.19. The number of unbranched alkanes of at least 4 members (excludes halogenated alkanes) is 14. The Morgan fingerprint density at radius 2 is 1.03 bits per heavy atom. The summed E-state index contributed by atoms with van der Waals surface area (Å²) in [7, 11) is 0. The smallest absolute Gasteiger partial charge is 0.305 e. The fourth-order valence-corrected chi connectivity index (χ4v) is 4.45. The van der Waals surface area contributed by atoms with Gasteiger partial charge in [0.1, 0.15) is 0 Å². The van der Waals surface area contributed by atoms with Crippen LogP contribution in [0.2, 0.25) is 0 Å². The number of rotatable bonds is 26. The maximum atomic E-state index is 12.1. The van der Waals surface area contributed by atoms with Gasteiger partial charge in [-0.05, 0) is 31.1 Å². The summed E-state index contributed by atoms with van der Waals surface area (Å²) in [6.07, 6.45) is 24.7. The summed E-state index contributed by atoms with van der Waals surface area (Å²) in [5, 5.41) is 0. The van der Waals surface area contributed by atoms with Crippen molar-refractivity contribution in [1.29, 1.82) is 0 Å². The van der Waals surface area contributed by atoms with Crippen molar-refractivity contribution in [2.45, 2.75) is 156 Å². The van der Waals surface area contributed by atoms with Crippen molar-refractivity contribution in [3.05, 3.63) is 0 Å². The van der Waals surface area contributed by atoms with Gasteiger partial charge in [0.05, 0.1) is 6.61 Å². The Morgan fingerprint density at radius 1 is 0.576 bits per heavy atom. The second kappa shape index (κ2) is 26.0. The van der Waals surface area contributed by atoms with Crippen LogP contribution in [0.15, 0.2) is 0 Å². The van der Waals surface area contributed by atoms with Crippen molar-refractivity contribution in [3.63, 3.8) is 0 Å². The van der Waals surface area contributed by atoms with E-state index < -0.39 is 0 Å². The summed E-state index contributed by atoms with van der Waals surface area (Å²) in [5.41, 5.74) is 0. The van der Waals surface area contributed by atoms with Gasteiger partial charge in [-0.3, -0.25) is 4.79 Å². The van der Waals surface area contributed by atoms with Gasteiger partial charge in [0.2, 0.25) is 0 Å². The molecule has 0 N–H and O–H groups in total. The molecule has 0 amide bonds. The zero-order chi connectivity index (χ0) is 24.4. The Labute approximate surface area is 208 Å². The minimum atomic E-state index is -0.000342. The van der Waals surface area contributed by atoms with E-state index in [1.807, 2.05) is 0 Å². The minimum absolute atomic E-state index is 0.000342. The first-order chi connectivity index (χ1) is 16.2. The molecule has 0 saturated carbocycles. The Kier molecular flexibility index (Phi) is 25.6. The van der Waals surface area contributed by atoms with Crippen LogP contribution in [-0.2, 0) is 14.3 Å². The number of hydrogen-bond donors (Lipinski definition) is 0. The highest BCUT2D eigenvalue weighted by Crippen LogP contribution is 2.20. The van der Waals surface area contributed by atoms with E-state index in [-0.39, 0.29) is 5.97 Å². The molecule has 198 valence electrons. The van der Waals surface area contributed by atoms with Crippen LogP contribution in [0, 0.1) is 11.8 Å². The highest BCUT2D eigenvalue weighted by molar-refractivity contribution is 5.69. The van der Waals surface area contributed by atoms with Gasteiger partial charge < -0.3 is 9.47 Å². The van der Waals surface area contributed by atoms with Crippen LogP contribution in [0.3, 0.4) is 0 Å². The predicted octanol–water partition coefficient (Wildman–Crippen LogP) is 9.66. The molecular weight excluding hydrogens is 408 g/mol. The van der Waals surface area contributed by atoms with Crippen LogP contribution in [0.4, 0.5) is 0 Å². The minimum Gasteiger partial charge on any atom is -0.465 e. The van der Waals surface area contributed by atoms with Gasteiger partial charge in [-0.1, -0.05) is 130 Å². The highest BCUT2D eigenvalue weighted by Gasteiger charge is 2.16. The molecule has 0 aliphatic heterocycles. The first-order valence-electron chi connectivity index (χ1n) is 14.9. The predicted molar refractivity (Wildman–Crippen MR) is 144 cm³/mol. The van der Waals surface area contributed by atoms with Crippen molar-refractivity contribution in [3.8, 4) is 0 Å². The molecule has 2 unspecified atom stereocenters. The third-order valence-electron chi connectivity index (χ3n) is 7.03. The maximum Gasteiger partial charge on any atom is 0.305 e. The van der Waals surface area contributed by atoms with E-state index in [1.54, 1.807) is 0 Å². The van der Waals surface area contributed by atoms with Crippen LogP contribution in [0.1, 0.15) is 156 Å². The lowest BCUT2D eigenvalue weighted by atomic mass is 9.92. The van der Waals surface area contributed by atoms with Gasteiger partial charge in [-0.25, -0.2) is 0 Å². The molecule has 0 rings (SSSR count). The van der Waals surface area contributed by atoms with E-state index in [0.717, 1.165) is 45.3 Å². The molecule has 33 heavy (non-hydrogen) atoms. The largest absolute Gasteiger partial charge is 0.465 e. The van der Waals surface area contributed by atoms with Gasteiger partial charge >= 0.3 is 5.97 Å². The standard InChI is InChI=1S/C30H60O3/c1-5-9-11-13-15-16-17-19-21-23-30(31)33-27-29(8-4)25-28(7-3)26-32-24-22-20-18-14-12-10-6-2/h28-29H,5-27H2,1-4H3. The van der Waals surface area contributed by atoms with Crippen molar-refractivity contribution in [1.82, 2.24) is 0 Å². The Morgan fingerprint density at radius 3 is 1.55 bits per heavy atom. The molecule has 0 bridgehead atoms. The maximum absolute atomic E-state index is 12.1. The first-order valence-corrected chi connectivity index (χ1v) is 14.9. The Hall–Kier alpha value is -0.570. The molecule has 0 heterocycles. The summed E-state index contributed by atoms with van der Waals surface area (Å²) < 4.78 is 11.6. The molecule has 3 nitrogen and oxygen atoms in total. The van der Waals surface area contributed by atoms with E-state index in [0.29, 0.717) is 24.9 Å². The highest BCUT2D eigenvalue weighted by atomic mass is 16.5. The fraction of sp³-hybridized carbons (Fsp3) is 0.967. The molecule has 3 heteroatoms. The van der Waals surface area contributed by atoms with E-state index in [2.05, 4.69) is 27.7 Å². The van der Waals surface area contributed by atoms with E-state index in [4.69, 9.17) is 9.47 Å². The summed E-state index contributed by atoms with van der Waals surface area (Å²) in [6, 6.07) is 0. The molecule has 0 aromatic rings. The molecule has 0 aromatic carbocycles. The van der Waals surface area contributed by atoms with Crippen molar-refractivity contribution >= 4 is 5.97 Å². The summed E-state index contributed by atoms with van der Waals surface area (Å²) in [6.45, 7) is 11.3. The third kappa shape index (κ3) is 23.0. The first kappa shape index (κ1) is 32.4. The third-order valence-corrected chi connectivity index (χ3v) is 7.03. The Balaban J connectivity index is 3.74. The van der Waals surface area contributed by atoms with E-state index in [9.17, 15) is 4.79 Å². The van der Waals surface area contributed by atoms with Crippen LogP contribution < -0.4 is 0 Å². The number of carbonyl (C=O) groups is 1. The zero-order valence-corrected chi connectivity index (χ0v) is 23.1. The molecule has 0 radical (unpaired) electrons. The van der Waals surface area contributed by atoms with Gasteiger partial charge in [0, 0.05) is 19.6 Å². The second-order valence-electron chi connectivity index (χ2n) is 10.2. The van der Waals surface area contributed by atoms with Crippen molar-refractivity contribution in [2.75, 3.05) is 19.8 Å². The number of hydrogen-bond acceptors (Lipinski definition) is 3. The average Bonchev–Trinajstić information content (AvgIpc) is 2.83. The zero-order valence-electron chi connectivity index (χ0n) is 23.1. The Bertz CT molecular complexity index is 396. The van der Waals surface area contributed by atoms with Crippen LogP contribution in [0.25, 0.3) is 0 Å². The molecule has 0 spiro atoms. The van der Waals surface area contributed by atoms with E-state index in [1.165, 1.54) is 89.9 Å². The molecule has 0 saturated heterocycles. The number of ether oxygens (including phenoxy) is 2. The van der Waals surface area contributed by atoms with Crippen LogP contribution in [-0.4, -0.2) is 25.8 Å². The van der Waals surface area contributed by atoms with Gasteiger partial charge in [-0.2, -0.15) is 0 Å². The summed E-state index contributed by atoms with van der Waals surface area (Å²) in [4.78, 5) is 12.1. The lowest BCUT2D eigenvalue weighted by Gasteiger charge is -2.21. The van der Waals surface area contributed by atoms with Crippen molar-refractivity contribution in [2.24, 2.45) is 11.8 Å². The average molecular weight is 469 g/mol.